The molecule has 2 rings (SSSR count). The van der Waals surface area contributed by atoms with Crippen LogP contribution < -0.4 is 5.32 Å². The average Bonchev–Trinajstić information content (AvgIpc) is 2.41. The summed E-state index contributed by atoms with van der Waals surface area (Å²) in [6.45, 7) is 1.68. The Morgan fingerprint density at radius 3 is 2.65 bits per heavy atom. The largest absolute Gasteiger partial charge is 0.478 e. The van der Waals surface area contributed by atoms with Crippen LogP contribution in [-0.2, 0) is 0 Å². The van der Waals surface area contributed by atoms with Gasteiger partial charge >= 0.3 is 5.97 Å². The lowest BCUT2D eigenvalue weighted by Crippen LogP contribution is -2.03. The molecule has 0 radical (unpaired) electrons. The van der Waals surface area contributed by atoms with Crippen molar-refractivity contribution in [2.24, 2.45) is 0 Å². The third-order valence-corrected chi connectivity index (χ3v) is 2.79. The van der Waals surface area contributed by atoms with Gasteiger partial charge in [-0.25, -0.2) is 9.78 Å². The van der Waals surface area contributed by atoms with E-state index in [0.717, 1.165) is 6.20 Å². The quantitative estimate of drug-likeness (QED) is 0.655. The Bertz CT molecular complexity index is 668. The molecule has 0 fully saturated rings. The first-order valence-electron chi connectivity index (χ1n) is 5.69. The molecule has 0 unspecified atom stereocenters. The van der Waals surface area contributed by atoms with Crippen LogP contribution in [0.1, 0.15) is 15.9 Å². The van der Waals surface area contributed by atoms with Gasteiger partial charge in [-0.2, -0.15) is 0 Å². The molecule has 0 amide bonds. The van der Waals surface area contributed by atoms with E-state index in [9.17, 15) is 14.9 Å². The molecule has 0 aliphatic rings. The van der Waals surface area contributed by atoms with Gasteiger partial charge in [-0.15, -0.1) is 0 Å². The second-order valence-corrected chi connectivity index (χ2v) is 4.07. The van der Waals surface area contributed by atoms with E-state index in [-0.39, 0.29) is 11.3 Å². The zero-order valence-electron chi connectivity index (χ0n) is 10.5. The fourth-order valence-electron chi connectivity index (χ4n) is 1.71. The molecule has 0 bridgehead atoms. The smallest absolute Gasteiger partial charge is 0.336 e. The van der Waals surface area contributed by atoms with Crippen LogP contribution in [0.25, 0.3) is 0 Å². The van der Waals surface area contributed by atoms with Crippen molar-refractivity contribution in [2.75, 3.05) is 5.32 Å². The summed E-state index contributed by atoms with van der Waals surface area (Å²) in [4.78, 5) is 24.9. The highest BCUT2D eigenvalue weighted by Crippen LogP contribution is 2.23. The van der Waals surface area contributed by atoms with Crippen molar-refractivity contribution in [1.29, 1.82) is 0 Å². The third-order valence-electron chi connectivity index (χ3n) is 2.79. The third kappa shape index (κ3) is 2.72. The van der Waals surface area contributed by atoms with Gasteiger partial charge < -0.3 is 10.4 Å². The SMILES string of the molecule is Cc1c(Nc2ccc([N+](=O)[O-])cn2)cccc1C(=O)O. The number of benzene rings is 1. The van der Waals surface area contributed by atoms with Crippen molar-refractivity contribution < 1.29 is 14.8 Å². The van der Waals surface area contributed by atoms with Gasteiger partial charge in [0.15, 0.2) is 0 Å². The Kier molecular flexibility index (Phi) is 3.60. The highest BCUT2D eigenvalue weighted by molar-refractivity contribution is 5.91. The molecule has 0 aliphatic heterocycles. The van der Waals surface area contributed by atoms with Gasteiger partial charge in [-0.3, -0.25) is 10.1 Å². The first-order chi connectivity index (χ1) is 9.49. The van der Waals surface area contributed by atoms with E-state index in [2.05, 4.69) is 10.3 Å². The minimum atomic E-state index is -1.01. The molecule has 1 heterocycles. The van der Waals surface area contributed by atoms with Crippen molar-refractivity contribution in [3.8, 4) is 0 Å². The number of carbonyl (C=O) groups is 1. The zero-order valence-corrected chi connectivity index (χ0v) is 10.5. The summed E-state index contributed by atoms with van der Waals surface area (Å²) in [5.41, 5.74) is 1.25. The zero-order chi connectivity index (χ0) is 14.7. The van der Waals surface area contributed by atoms with Crippen LogP contribution in [-0.4, -0.2) is 21.0 Å². The first kappa shape index (κ1) is 13.5. The molecule has 20 heavy (non-hydrogen) atoms. The van der Waals surface area contributed by atoms with Crippen molar-refractivity contribution >= 4 is 23.2 Å². The summed E-state index contributed by atoms with van der Waals surface area (Å²) in [6.07, 6.45) is 1.14. The molecule has 7 nitrogen and oxygen atoms in total. The monoisotopic (exact) mass is 273 g/mol. The van der Waals surface area contributed by atoms with Crippen molar-refractivity contribution in [3.63, 3.8) is 0 Å². The fraction of sp³-hybridized carbons (Fsp3) is 0.0769. The summed E-state index contributed by atoms with van der Waals surface area (Å²) in [6, 6.07) is 7.62. The first-order valence-corrected chi connectivity index (χ1v) is 5.69. The predicted molar refractivity (Wildman–Crippen MR) is 72.3 cm³/mol. The minimum absolute atomic E-state index is 0.105. The lowest BCUT2D eigenvalue weighted by molar-refractivity contribution is -0.385. The molecule has 0 saturated heterocycles. The highest BCUT2D eigenvalue weighted by atomic mass is 16.6. The Morgan fingerprint density at radius 2 is 2.10 bits per heavy atom. The Hall–Kier alpha value is -2.96. The second kappa shape index (κ2) is 5.35. The molecule has 0 saturated carbocycles. The van der Waals surface area contributed by atoms with E-state index >= 15 is 0 Å². The van der Waals surface area contributed by atoms with E-state index in [1.165, 1.54) is 18.2 Å². The number of rotatable bonds is 4. The van der Waals surface area contributed by atoms with Crippen LogP contribution in [0.3, 0.4) is 0 Å². The summed E-state index contributed by atoms with van der Waals surface area (Å²) in [5.74, 6) is -0.607. The Labute approximate surface area is 114 Å². The maximum atomic E-state index is 11.0. The molecule has 2 N–H and O–H groups in total. The van der Waals surface area contributed by atoms with Gasteiger partial charge in [-0.05, 0) is 30.7 Å². The predicted octanol–water partition coefficient (Wildman–Crippen LogP) is 2.74. The number of pyridine rings is 1. The number of hydrogen-bond donors (Lipinski definition) is 2. The molecule has 102 valence electrons. The van der Waals surface area contributed by atoms with Gasteiger partial charge in [0.2, 0.25) is 0 Å². The van der Waals surface area contributed by atoms with Crippen LogP contribution in [0, 0.1) is 17.0 Å². The number of nitro groups is 1. The van der Waals surface area contributed by atoms with Crippen molar-refractivity contribution in [2.45, 2.75) is 6.92 Å². The van der Waals surface area contributed by atoms with E-state index in [4.69, 9.17) is 5.11 Å². The Balaban J connectivity index is 2.28. The van der Waals surface area contributed by atoms with Crippen LogP contribution >= 0.6 is 0 Å². The minimum Gasteiger partial charge on any atom is -0.478 e. The lowest BCUT2D eigenvalue weighted by Gasteiger charge is -2.10. The van der Waals surface area contributed by atoms with Gasteiger partial charge in [0.1, 0.15) is 12.0 Å². The normalized spacial score (nSPS) is 10.1. The van der Waals surface area contributed by atoms with E-state index in [0.29, 0.717) is 17.1 Å². The molecule has 1 aromatic heterocycles. The number of hydrogen-bond acceptors (Lipinski definition) is 5. The molecule has 2 aromatic rings. The second-order valence-electron chi connectivity index (χ2n) is 4.07. The topological polar surface area (TPSA) is 105 Å². The summed E-state index contributed by atoms with van der Waals surface area (Å²) in [7, 11) is 0. The maximum absolute atomic E-state index is 11.0. The number of aromatic carboxylic acids is 1. The van der Waals surface area contributed by atoms with Crippen molar-refractivity contribution in [1.82, 2.24) is 4.98 Å². The Morgan fingerprint density at radius 1 is 1.35 bits per heavy atom. The lowest BCUT2D eigenvalue weighted by atomic mass is 10.1. The molecule has 7 heteroatoms. The highest BCUT2D eigenvalue weighted by Gasteiger charge is 2.11. The van der Waals surface area contributed by atoms with Gasteiger partial charge in [0, 0.05) is 11.8 Å². The van der Waals surface area contributed by atoms with Gasteiger partial charge in [0.05, 0.1) is 10.5 Å². The summed E-state index contributed by atoms with van der Waals surface area (Å²) < 4.78 is 0. The van der Waals surface area contributed by atoms with Crippen LogP contribution in [0.4, 0.5) is 17.2 Å². The van der Waals surface area contributed by atoms with Crippen LogP contribution in [0.2, 0.25) is 0 Å². The van der Waals surface area contributed by atoms with Gasteiger partial charge in [-0.1, -0.05) is 6.07 Å². The fourth-order valence-corrected chi connectivity index (χ4v) is 1.71. The average molecular weight is 273 g/mol. The van der Waals surface area contributed by atoms with E-state index < -0.39 is 10.9 Å². The molecular formula is C13H11N3O4. The van der Waals surface area contributed by atoms with E-state index in [1.54, 1.807) is 19.1 Å². The maximum Gasteiger partial charge on any atom is 0.336 e. The number of aromatic nitrogens is 1. The van der Waals surface area contributed by atoms with Crippen LogP contribution in [0.15, 0.2) is 36.5 Å². The van der Waals surface area contributed by atoms with Gasteiger partial charge in [0.25, 0.3) is 5.69 Å². The molecule has 0 aliphatic carbocycles. The van der Waals surface area contributed by atoms with E-state index in [1.807, 2.05) is 0 Å². The molecule has 0 spiro atoms. The summed E-state index contributed by atoms with van der Waals surface area (Å²) in [5, 5.41) is 22.5. The number of carboxylic acids is 1. The number of nitrogens with one attached hydrogen (secondary N) is 1. The summed E-state index contributed by atoms with van der Waals surface area (Å²) >= 11 is 0. The standard InChI is InChI=1S/C13H11N3O4/c1-8-10(13(17)18)3-2-4-11(8)15-12-6-5-9(7-14-12)16(19)20/h2-7H,1H3,(H,14,15)(H,17,18). The molecule has 1 aromatic carbocycles. The molecular weight excluding hydrogens is 262 g/mol. The van der Waals surface area contributed by atoms with Crippen molar-refractivity contribution in [3.05, 3.63) is 57.8 Å². The molecule has 0 atom stereocenters. The number of nitrogens with zero attached hydrogens (tertiary/aromatic N) is 2. The number of carboxylic acid groups (broad SMARTS) is 1. The van der Waals surface area contributed by atoms with Crippen LogP contribution in [0.5, 0.6) is 0 Å². The number of anilines is 2.